The molecule has 94 valence electrons. The predicted octanol–water partition coefficient (Wildman–Crippen LogP) is 3.73. The predicted molar refractivity (Wildman–Crippen MR) is 78.5 cm³/mol. The van der Waals surface area contributed by atoms with Gasteiger partial charge in [0, 0.05) is 29.3 Å². The minimum absolute atomic E-state index is 0.825. The van der Waals surface area contributed by atoms with Crippen LogP contribution in [-0.4, -0.2) is 11.5 Å². The lowest BCUT2D eigenvalue weighted by Gasteiger charge is -2.09. The molecule has 1 aliphatic heterocycles. The number of hydrogen-bond donors (Lipinski definition) is 1. The molecule has 0 aliphatic carbocycles. The van der Waals surface area contributed by atoms with E-state index >= 15 is 0 Å². The minimum atomic E-state index is 0.825. The van der Waals surface area contributed by atoms with Crippen molar-refractivity contribution >= 4 is 34.7 Å². The highest BCUT2D eigenvalue weighted by molar-refractivity contribution is 7.98. The van der Waals surface area contributed by atoms with Crippen LogP contribution in [0.25, 0.3) is 0 Å². The number of benzene rings is 1. The largest absolute Gasteiger partial charge is 0.311 e. The fourth-order valence-corrected chi connectivity index (χ4v) is 4.26. The number of fused-ring (bicyclic) bond motifs is 1. The summed E-state index contributed by atoms with van der Waals surface area (Å²) in [7, 11) is 0. The third-order valence-corrected chi connectivity index (χ3v) is 5.64. The molecule has 2 aromatic rings. The van der Waals surface area contributed by atoms with Gasteiger partial charge in [-0.15, -0.1) is 23.1 Å². The smallest absolute Gasteiger partial charge is 0.103 e. The third-order valence-electron chi connectivity index (χ3n) is 2.83. The van der Waals surface area contributed by atoms with Gasteiger partial charge in [-0.2, -0.15) is 0 Å². The number of rotatable bonds is 3. The average molecular weight is 297 g/mol. The Balaban J connectivity index is 1.70. The molecule has 18 heavy (non-hydrogen) atoms. The lowest BCUT2D eigenvalue weighted by atomic mass is 10.2. The molecule has 0 unspecified atom stereocenters. The van der Waals surface area contributed by atoms with Crippen LogP contribution in [0.4, 0.5) is 0 Å². The van der Waals surface area contributed by atoms with Crippen molar-refractivity contribution in [1.29, 1.82) is 0 Å². The van der Waals surface area contributed by atoms with Gasteiger partial charge in [-0.25, -0.2) is 4.98 Å². The molecule has 0 radical (unpaired) electrons. The summed E-state index contributed by atoms with van der Waals surface area (Å²) in [6.07, 6.45) is 1.06. The van der Waals surface area contributed by atoms with Gasteiger partial charge in [0.1, 0.15) is 5.01 Å². The highest BCUT2D eigenvalue weighted by atomic mass is 35.5. The van der Waals surface area contributed by atoms with E-state index in [1.54, 1.807) is 11.8 Å². The van der Waals surface area contributed by atoms with E-state index in [1.807, 2.05) is 29.5 Å². The maximum Gasteiger partial charge on any atom is 0.103 e. The number of halogens is 1. The molecule has 1 aliphatic rings. The van der Waals surface area contributed by atoms with Gasteiger partial charge in [-0.1, -0.05) is 23.7 Å². The first-order valence-electron chi connectivity index (χ1n) is 5.88. The van der Waals surface area contributed by atoms with Crippen molar-refractivity contribution in [2.45, 2.75) is 23.6 Å². The van der Waals surface area contributed by atoms with Gasteiger partial charge in [0.05, 0.1) is 16.5 Å². The third kappa shape index (κ3) is 2.72. The maximum atomic E-state index is 6.14. The average Bonchev–Trinajstić information content (AvgIpc) is 2.80. The lowest BCUT2D eigenvalue weighted by molar-refractivity contribution is 0.643. The summed E-state index contributed by atoms with van der Waals surface area (Å²) in [5, 5.41) is 5.41. The molecular weight excluding hydrogens is 284 g/mol. The van der Waals surface area contributed by atoms with Crippen LogP contribution >= 0.6 is 34.7 Å². The van der Waals surface area contributed by atoms with Crippen molar-refractivity contribution in [3.8, 4) is 0 Å². The van der Waals surface area contributed by atoms with E-state index in [2.05, 4.69) is 11.4 Å². The van der Waals surface area contributed by atoms with E-state index in [9.17, 15) is 0 Å². The summed E-state index contributed by atoms with van der Waals surface area (Å²) in [4.78, 5) is 7.24. The summed E-state index contributed by atoms with van der Waals surface area (Å²) in [6, 6.07) is 7.97. The zero-order valence-electron chi connectivity index (χ0n) is 9.78. The van der Waals surface area contributed by atoms with Crippen LogP contribution in [0, 0.1) is 0 Å². The van der Waals surface area contributed by atoms with E-state index in [4.69, 9.17) is 16.6 Å². The van der Waals surface area contributed by atoms with Gasteiger partial charge in [0.2, 0.25) is 0 Å². The van der Waals surface area contributed by atoms with Crippen LogP contribution in [0.15, 0.2) is 29.2 Å². The minimum Gasteiger partial charge on any atom is -0.311 e. The molecule has 2 nitrogen and oxygen atoms in total. The highest BCUT2D eigenvalue weighted by Gasteiger charge is 2.14. The molecule has 1 aromatic carbocycles. The molecule has 0 amide bonds. The summed E-state index contributed by atoms with van der Waals surface area (Å²) in [5.41, 5.74) is 1.29. The number of thiazole rings is 1. The number of aromatic nitrogens is 1. The Bertz CT molecular complexity index is 530. The van der Waals surface area contributed by atoms with Crippen molar-refractivity contribution in [3.05, 3.63) is 44.9 Å². The zero-order valence-corrected chi connectivity index (χ0v) is 12.2. The van der Waals surface area contributed by atoms with Crippen LogP contribution in [0.3, 0.4) is 0 Å². The monoisotopic (exact) mass is 296 g/mol. The number of thioether (sulfide) groups is 1. The first-order valence-corrected chi connectivity index (χ1v) is 8.06. The first kappa shape index (κ1) is 12.5. The van der Waals surface area contributed by atoms with Crippen molar-refractivity contribution in [1.82, 2.24) is 10.3 Å². The topological polar surface area (TPSA) is 24.9 Å². The first-order chi connectivity index (χ1) is 8.83. The SMILES string of the molecule is Clc1ccccc1SCc1nc2c(s1)CNCC2. The Morgan fingerprint density at radius 3 is 3.11 bits per heavy atom. The van der Waals surface area contributed by atoms with Crippen LogP contribution in [0.2, 0.25) is 5.02 Å². The Labute approximate surface area is 120 Å². The molecule has 3 rings (SSSR count). The second-order valence-electron chi connectivity index (χ2n) is 4.12. The number of nitrogens with one attached hydrogen (secondary N) is 1. The number of hydrogen-bond acceptors (Lipinski definition) is 4. The molecule has 0 atom stereocenters. The molecule has 1 N–H and O–H groups in total. The second kappa shape index (κ2) is 5.61. The molecular formula is C13H13ClN2S2. The van der Waals surface area contributed by atoms with Crippen molar-refractivity contribution in [3.63, 3.8) is 0 Å². The van der Waals surface area contributed by atoms with Crippen LogP contribution in [-0.2, 0) is 18.7 Å². The normalized spacial score (nSPS) is 14.5. The summed E-state index contributed by atoms with van der Waals surface area (Å²) < 4.78 is 0. The molecule has 0 bridgehead atoms. The fraction of sp³-hybridized carbons (Fsp3) is 0.308. The van der Waals surface area contributed by atoms with Crippen LogP contribution < -0.4 is 5.32 Å². The van der Waals surface area contributed by atoms with Crippen molar-refractivity contribution in [2.75, 3.05) is 6.54 Å². The molecule has 2 heterocycles. The van der Waals surface area contributed by atoms with E-state index in [1.165, 1.54) is 15.6 Å². The van der Waals surface area contributed by atoms with Gasteiger partial charge in [0.25, 0.3) is 0 Å². The maximum absolute atomic E-state index is 6.14. The molecule has 5 heteroatoms. The Hall–Kier alpha value is -0.550. The van der Waals surface area contributed by atoms with Gasteiger partial charge in [-0.05, 0) is 12.1 Å². The lowest BCUT2D eigenvalue weighted by Crippen LogP contribution is -2.22. The van der Waals surface area contributed by atoms with Gasteiger partial charge >= 0.3 is 0 Å². The van der Waals surface area contributed by atoms with Gasteiger partial charge in [0.15, 0.2) is 0 Å². The second-order valence-corrected chi connectivity index (χ2v) is 6.72. The van der Waals surface area contributed by atoms with Gasteiger partial charge in [-0.3, -0.25) is 0 Å². The van der Waals surface area contributed by atoms with Crippen molar-refractivity contribution < 1.29 is 0 Å². The molecule has 0 fully saturated rings. The zero-order chi connectivity index (χ0) is 12.4. The van der Waals surface area contributed by atoms with E-state index < -0.39 is 0 Å². The van der Waals surface area contributed by atoms with Crippen LogP contribution in [0.1, 0.15) is 15.6 Å². The summed E-state index contributed by atoms with van der Waals surface area (Å²) in [5.74, 6) is 0.904. The van der Waals surface area contributed by atoms with E-state index in [-0.39, 0.29) is 0 Å². The highest BCUT2D eigenvalue weighted by Crippen LogP contribution is 2.31. The van der Waals surface area contributed by atoms with E-state index in [0.29, 0.717) is 0 Å². The Kier molecular flexibility index (Phi) is 3.89. The molecule has 1 aromatic heterocycles. The summed E-state index contributed by atoms with van der Waals surface area (Å²) in [6.45, 7) is 2.03. The Morgan fingerprint density at radius 1 is 1.39 bits per heavy atom. The number of nitrogens with zero attached hydrogens (tertiary/aromatic N) is 1. The standard InChI is InChI=1S/C13H13ClN2S2/c14-9-3-1-2-4-11(9)17-8-13-16-10-5-6-15-7-12(10)18-13/h1-4,15H,5-8H2. The van der Waals surface area contributed by atoms with Gasteiger partial charge < -0.3 is 5.32 Å². The quantitative estimate of drug-likeness (QED) is 0.874. The van der Waals surface area contributed by atoms with E-state index in [0.717, 1.165) is 35.2 Å². The molecule has 0 saturated carbocycles. The fourth-order valence-electron chi connectivity index (χ4n) is 1.94. The molecule has 0 spiro atoms. The molecule has 0 saturated heterocycles. The Morgan fingerprint density at radius 2 is 2.28 bits per heavy atom. The van der Waals surface area contributed by atoms with Crippen LogP contribution in [0.5, 0.6) is 0 Å². The summed E-state index contributed by atoms with van der Waals surface area (Å²) >= 11 is 9.73. The van der Waals surface area contributed by atoms with Crippen molar-refractivity contribution in [2.24, 2.45) is 0 Å².